The molecule has 0 heterocycles. The summed E-state index contributed by atoms with van der Waals surface area (Å²) in [5.74, 6) is -0.540. The largest absolute Gasteiger partial charge is 0.444 e. The summed E-state index contributed by atoms with van der Waals surface area (Å²) >= 11 is 6.61. The van der Waals surface area contributed by atoms with Crippen LogP contribution in [-0.4, -0.2) is 11.3 Å². The number of rotatable bonds is 1. The van der Waals surface area contributed by atoms with Crippen molar-refractivity contribution >= 4 is 45.1 Å². The molecule has 0 aliphatic heterocycles. The summed E-state index contributed by atoms with van der Waals surface area (Å²) in [6, 6.07) is 3.21. The number of nitrogens with zero attached hydrogens (tertiary/aromatic N) is 1. The maximum atomic E-state index is 12.6. The maximum absolute atomic E-state index is 12.6. The second-order valence-corrected chi connectivity index (χ2v) is 4.02. The fourth-order valence-corrected chi connectivity index (χ4v) is 1.43. The van der Waals surface area contributed by atoms with Crippen molar-refractivity contribution in [1.82, 2.24) is 0 Å². The Hall–Kier alpha value is -0.370. The average Bonchev–Trinajstić information content (AvgIpc) is 2.08. The molecule has 82 valence electrons. The lowest BCUT2D eigenvalue weighted by molar-refractivity contribution is -0.0558. The van der Waals surface area contributed by atoms with Crippen LogP contribution in [-0.2, 0) is 0 Å². The van der Waals surface area contributed by atoms with Gasteiger partial charge in [0.1, 0.15) is 5.82 Å². The number of hydrogen-bond donors (Lipinski definition) is 0. The number of hydrogen-bond acceptors (Lipinski definition) is 1. The van der Waals surface area contributed by atoms with Crippen LogP contribution in [0.1, 0.15) is 0 Å². The molecule has 1 aromatic carbocycles. The SMILES string of the molecule is Fc1ccc(N=C(Cl)C(F)(F)F)c(I)c1. The summed E-state index contributed by atoms with van der Waals surface area (Å²) in [5, 5.41) is -1.48. The van der Waals surface area contributed by atoms with Gasteiger partial charge in [0, 0.05) is 3.57 Å². The second kappa shape index (κ2) is 4.65. The Kier molecular flexibility index (Phi) is 3.93. The molecule has 0 atom stereocenters. The van der Waals surface area contributed by atoms with Crippen LogP contribution in [0.3, 0.4) is 0 Å². The third-order valence-corrected chi connectivity index (χ3v) is 2.53. The van der Waals surface area contributed by atoms with Gasteiger partial charge in [-0.15, -0.1) is 0 Å². The first-order valence-corrected chi connectivity index (χ1v) is 5.03. The fraction of sp³-hybridized carbons (Fsp3) is 0.125. The van der Waals surface area contributed by atoms with Gasteiger partial charge in [0.2, 0.25) is 5.17 Å². The van der Waals surface area contributed by atoms with Crippen LogP contribution < -0.4 is 0 Å². The smallest absolute Gasteiger partial charge is 0.231 e. The lowest BCUT2D eigenvalue weighted by atomic mass is 10.3. The van der Waals surface area contributed by atoms with Gasteiger partial charge in [-0.1, -0.05) is 11.6 Å². The third kappa shape index (κ3) is 3.60. The second-order valence-electron chi connectivity index (χ2n) is 2.50. The molecule has 0 aliphatic rings. The molecule has 0 bridgehead atoms. The molecule has 0 unspecified atom stereocenters. The molecule has 1 nitrogen and oxygen atoms in total. The molecule has 0 radical (unpaired) electrons. The zero-order valence-electron chi connectivity index (χ0n) is 6.95. The van der Waals surface area contributed by atoms with Crippen molar-refractivity contribution < 1.29 is 17.6 Å². The van der Waals surface area contributed by atoms with Crippen LogP contribution in [0.25, 0.3) is 0 Å². The summed E-state index contributed by atoms with van der Waals surface area (Å²) in [6.07, 6.45) is -4.68. The molecular formula is C8H3ClF4IN. The number of aliphatic imine (C=N–C) groups is 1. The first-order chi connectivity index (χ1) is 6.80. The summed E-state index contributed by atoms with van der Waals surface area (Å²) < 4.78 is 48.9. The van der Waals surface area contributed by atoms with Crippen LogP contribution in [0.4, 0.5) is 23.2 Å². The van der Waals surface area contributed by atoms with E-state index in [0.717, 1.165) is 18.2 Å². The van der Waals surface area contributed by atoms with E-state index in [-0.39, 0.29) is 9.26 Å². The fourth-order valence-electron chi connectivity index (χ4n) is 0.741. The van der Waals surface area contributed by atoms with Crippen molar-refractivity contribution in [2.24, 2.45) is 4.99 Å². The molecule has 7 heteroatoms. The normalized spacial score (nSPS) is 13.1. The summed E-state index contributed by atoms with van der Waals surface area (Å²) in [7, 11) is 0. The van der Waals surface area contributed by atoms with Crippen LogP contribution in [0.2, 0.25) is 0 Å². The monoisotopic (exact) mass is 351 g/mol. The van der Waals surface area contributed by atoms with Gasteiger partial charge in [0.05, 0.1) is 5.69 Å². The van der Waals surface area contributed by atoms with Gasteiger partial charge in [-0.3, -0.25) is 0 Å². The Labute approximate surface area is 101 Å². The standard InChI is InChI=1S/C8H3ClF4IN/c9-7(8(11,12)13)15-6-2-1-4(10)3-5(6)14/h1-3H. The van der Waals surface area contributed by atoms with Gasteiger partial charge >= 0.3 is 6.18 Å². The molecule has 0 fully saturated rings. The molecule has 0 spiro atoms. The lowest BCUT2D eigenvalue weighted by Crippen LogP contribution is -2.16. The Morgan fingerprint density at radius 2 is 1.93 bits per heavy atom. The molecule has 0 N–H and O–H groups in total. The minimum Gasteiger partial charge on any atom is -0.231 e. The van der Waals surface area contributed by atoms with E-state index >= 15 is 0 Å². The summed E-state index contributed by atoms with van der Waals surface area (Å²) in [5.41, 5.74) is -0.0145. The first-order valence-electron chi connectivity index (χ1n) is 3.57. The van der Waals surface area contributed by atoms with E-state index < -0.39 is 17.2 Å². The van der Waals surface area contributed by atoms with Crippen molar-refractivity contribution in [2.75, 3.05) is 0 Å². The van der Waals surface area contributed by atoms with E-state index in [1.165, 1.54) is 0 Å². The van der Waals surface area contributed by atoms with E-state index in [1.54, 1.807) is 22.6 Å². The predicted molar refractivity (Wildman–Crippen MR) is 58.1 cm³/mol. The Morgan fingerprint density at radius 1 is 1.33 bits per heavy atom. The van der Waals surface area contributed by atoms with Gasteiger partial charge in [0.15, 0.2) is 0 Å². The van der Waals surface area contributed by atoms with E-state index in [0.29, 0.717) is 0 Å². The van der Waals surface area contributed by atoms with Crippen molar-refractivity contribution in [2.45, 2.75) is 6.18 Å². The highest BCUT2D eigenvalue weighted by molar-refractivity contribution is 14.1. The first kappa shape index (κ1) is 12.7. The van der Waals surface area contributed by atoms with Crippen molar-refractivity contribution in [3.8, 4) is 0 Å². The highest BCUT2D eigenvalue weighted by Gasteiger charge is 2.34. The van der Waals surface area contributed by atoms with Crippen LogP contribution in [0, 0.1) is 9.39 Å². The minimum atomic E-state index is -4.68. The van der Waals surface area contributed by atoms with Crippen LogP contribution >= 0.6 is 34.2 Å². The predicted octanol–water partition coefficient (Wildman–Crippen LogP) is 4.26. The van der Waals surface area contributed by atoms with Crippen LogP contribution in [0.5, 0.6) is 0 Å². The minimum absolute atomic E-state index is 0.0145. The lowest BCUT2D eigenvalue weighted by Gasteiger charge is -2.04. The quantitative estimate of drug-likeness (QED) is 0.407. The number of alkyl halides is 3. The third-order valence-electron chi connectivity index (χ3n) is 1.36. The zero-order valence-corrected chi connectivity index (χ0v) is 9.86. The molecule has 0 saturated carbocycles. The van der Waals surface area contributed by atoms with Gasteiger partial charge in [0.25, 0.3) is 0 Å². The number of halogens is 6. The molecule has 1 aromatic rings. The van der Waals surface area contributed by atoms with Gasteiger partial charge in [-0.2, -0.15) is 13.2 Å². The highest BCUT2D eigenvalue weighted by atomic mass is 127. The van der Waals surface area contributed by atoms with E-state index in [1.807, 2.05) is 0 Å². The van der Waals surface area contributed by atoms with E-state index in [4.69, 9.17) is 11.6 Å². The Balaban J connectivity index is 3.09. The van der Waals surface area contributed by atoms with E-state index in [2.05, 4.69) is 4.99 Å². The van der Waals surface area contributed by atoms with Crippen molar-refractivity contribution in [1.29, 1.82) is 0 Å². The molecule has 1 rings (SSSR count). The molecular weight excluding hydrogens is 348 g/mol. The van der Waals surface area contributed by atoms with Crippen LogP contribution in [0.15, 0.2) is 23.2 Å². The summed E-state index contributed by atoms with van der Waals surface area (Å²) in [4.78, 5) is 3.15. The average molecular weight is 351 g/mol. The maximum Gasteiger partial charge on any atom is 0.444 e. The highest BCUT2D eigenvalue weighted by Crippen LogP contribution is 2.27. The van der Waals surface area contributed by atoms with Gasteiger partial charge in [-0.25, -0.2) is 9.38 Å². The molecule has 0 amide bonds. The summed E-state index contributed by atoms with van der Waals surface area (Å²) in [6.45, 7) is 0. The Bertz CT molecular complexity index is 402. The number of benzene rings is 1. The topological polar surface area (TPSA) is 12.4 Å². The Morgan fingerprint density at radius 3 is 2.40 bits per heavy atom. The van der Waals surface area contributed by atoms with E-state index in [9.17, 15) is 17.6 Å². The van der Waals surface area contributed by atoms with Crippen molar-refractivity contribution in [3.05, 3.63) is 27.6 Å². The van der Waals surface area contributed by atoms with Gasteiger partial charge in [-0.05, 0) is 40.8 Å². The van der Waals surface area contributed by atoms with Gasteiger partial charge < -0.3 is 0 Å². The van der Waals surface area contributed by atoms with Crippen molar-refractivity contribution in [3.63, 3.8) is 0 Å². The molecule has 0 aliphatic carbocycles. The molecule has 15 heavy (non-hydrogen) atoms. The molecule has 0 aromatic heterocycles. The molecule has 0 saturated heterocycles. The zero-order chi connectivity index (χ0) is 11.6.